The van der Waals surface area contributed by atoms with Gasteiger partial charge in [0, 0.05) is 5.56 Å². The molecule has 1 aromatic rings. The zero-order valence-corrected chi connectivity index (χ0v) is 10.3. The number of halogens is 6. The lowest BCUT2D eigenvalue weighted by Crippen LogP contribution is -2.44. The third-order valence-electron chi connectivity index (χ3n) is 2.29. The van der Waals surface area contributed by atoms with Crippen molar-refractivity contribution >= 4 is 5.91 Å². The van der Waals surface area contributed by atoms with Gasteiger partial charge >= 0.3 is 12.4 Å². The molecule has 0 bridgehead atoms. The molecule has 0 fully saturated rings. The van der Waals surface area contributed by atoms with Crippen LogP contribution in [0.3, 0.4) is 0 Å². The number of hydrogen-bond acceptors (Lipinski definition) is 1. The summed E-state index contributed by atoms with van der Waals surface area (Å²) in [6.45, 7) is -2.31. The van der Waals surface area contributed by atoms with Crippen molar-refractivity contribution in [3.05, 3.63) is 35.4 Å². The number of carbonyl (C=O) groups excluding carboxylic acids is 1. The van der Waals surface area contributed by atoms with E-state index in [0.717, 1.165) is 0 Å². The van der Waals surface area contributed by atoms with Crippen LogP contribution < -0.4 is 0 Å². The Kier molecular flexibility index (Phi) is 4.67. The van der Waals surface area contributed by atoms with Crippen LogP contribution in [0.1, 0.15) is 15.9 Å². The van der Waals surface area contributed by atoms with Crippen LogP contribution in [0, 0.1) is 6.92 Å². The van der Waals surface area contributed by atoms with E-state index in [1.54, 1.807) is 13.0 Å². The van der Waals surface area contributed by atoms with E-state index >= 15 is 0 Å². The molecule has 0 radical (unpaired) electrons. The maximum atomic E-state index is 12.3. The van der Waals surface area contributed by atoms with E-state index in [1.807, 2.05) is 0 Å². The van der Waals surface area contributed by atoms with Gasteiger partial charge in [-0.3, -0.25) is 4.79 Å². The zero-order valence-electron chi connectivity index (χ0n) is 10.3. The van der Waals surface area contributed by atoms with Crippen molar-refractivity contribution < 1.29 is 31.1 Å². The second kappa shape index (κ2) is 5.72. The number of carbonyl (C=O) groups is 1. The molecule has 0 aliphatic rings. The van der Waals surface area contributed by atoms with Crippen molar-refractivity contribution in [2.24, 2.45) is 0 Å². The minimum absolute atomic E-state index is 0.210. The van der Waals surface area contributed by atoms with Crippen molar-refractivity contribution in [3.63, 3.8) is 0 Å². The van der Waals surface area contributed by atoms with Gasteiger partial charge in [-0.1, -0.05) is 17.7 Å². The highest BCUT2D eigenvalue weighted by atomic mass is 19.4. The van der Waals surface area contributed by atoms with Crippen LogP contribution in [0.2, 0.25) is 0 Å². The Morgan fingerprint density at radius 2 is 1.55 bits per heavy atom. The molecule has 8 heteroatoms. The predicted octanol–water partition coefficient (Wildman–Crippen LogP) is 3.56. The highest BCUT2D eigenvalue weighted by Crippen LogP contribution is 2.23. The topological polar surface area (TPSA) is 20.3 Å². The lowest BCUT2D eigenvalue weighted by Gasteiger charge is -2.25. The normalized spacial score (nSPS) is 12.3. The van der Waals surface area contributed by atoms with Crippen molar-refractivity contribution in [2.45, 2.75) is 19.3 Å². The van der Waals surface area contributed by atoms with Gasteiger partial charge in [0.1, 0.15) is 13.1 Å². The van der Waals surface area contributed by atoms with Gasteiger partial charge in [-0.2, -0.15) is 26.3 Å². The summed E-state index contributed by atoms with van der Waals surface area (Å²) >= 11 is 0. The second-order valence-corrected chi connectivity index (χ2v) is 4.26. The summed E-state index contributed by atoms with van der Waals surface area (Å²) in [5, 5.41) is 0. The smallest absolute Gasteiger partial charge is 0.320 e. The minimum Gasteiger partial charge on any atom is -0.320 e. The van der Waals surface area contributed by atoms with Crippen LogP contribution in [0.15, 0.2) is 24.3 Å². The molecule has 2 nitrogen and oxygen atoms in total. The molecule has 112 valence electrons. The van der Waals surface area contributed by atoms with E-state index in [-0.39, 0.29) is 10.5 Å². The Morgan fingerprint density at radius 3 is 1.95 bits per heavy atom. The molecule has 0 aliphatic heterocycles. The fourth-order valence-corrected chi connectivity index (χ4v) is 1.59. The molecule has 0 atom stereocenters. The highest BCUT2D eigenvalue weighted by Gasteiger charge is 2.39. The van der Waals surface area contributed by atoms with Crippen molar-refractivity contribution in [1.29, 1.82) is 0 Å². The summed E-state index contributed by atoms with van der Waals surface area (Å²) in [6.07, 6.45) is -9.80. The molecule has 0 aromatic heterocycles. The van der Waals surface area contributed by atoms with Crippen LogP contribution in [-0.4, -0.2) is 36.2 Å². The lowest BCUT2D eigenvalue weighted by molar-refractivity contribution is -0.171. The molecule has 20 heavy (non-hydrogen) atoms. The van der Waals surface area contributed by atoms with Crippen LogP contribution in [0.5, 0.6) is 0 Å². The quantitative estimate of drug-likeness (QED) is 0.781. The van der Waals surface area contributed by atoms with Gasteiger partial charge in [0.25, 0.3) is 5.91 Å². The van der Waals surface area contributed by atoms with E-state index in [0.29, 0.717) is 5.56 Å². The molecule has 0 unspecified atom stereocenters. The fourth-order valence-electron chi connectivity index (χ4n) is 1.59. The zero-order chi connectivity index (χ0) is 15.6. The molecular weight excluding hydrogens is 288 g/mol. The standard InChI is InChI=1S/C12H11F6NO/c1-8-3-2-4-9(5-8)10(20)19(6-11(13,14)15)7-12(16,17)18/h2-5H,6-7H2,1H3. The molecule has 0 N–H and O–H groups in total. The van der Waals surface area contributed by atoms with Crippen LogP contribution >= 0.6 is 0 Å². The molecule has 0 spiro atoms. The van der Waals surface area contributed by atoms with Crippen LogP contribution in [-0.2, 0) is 0 Å². The third-order valence-corrected chi connectivity index (χ3v) is 2.29. The number of aryl methyl sites for hydroxylation is 1. The molecule has 0 saturated heterocycles. The predicted molar refractivity (Wildman–Crippen MR) is 59.2 cm³/mol. The monoisotopic (exact) mass is 299 g/mol. The number of benzene rings is 1. The first-order valence-electron chi connectivity index (χ1n) is 5.47. The number of rotatable bonds is 3. The van der Waals surface area contributed by atoms with Gasteiger partial charge in [0.2, 0.25) is 0 Å². The number of hydrogen-bond donors (Lipinski definition) is 0. The lowest BCUT2D eigenvalue weighted by atomic mass is 10.1. The average molecular weight is 299 g/mol. The van der Waals surface area contributed by atoms with Crippen molar-refractivity contribution in [3.8, 4) is 0 Å². The van der Waals surface area contributed by atoms with Gasteiger partial charge < -0.3 is 4.90 Å². The largest absolute Gasteiger partial charge is 0.406 e. The summed E-state index contributed by atoms with van der Waals surface area (Å²) < 4.78 is 73.7. The third kappa shape index (κ3) is 5.50. The van der Waals surface area contributed by atoms with Crippen LogP contribution in [0.25, 0.3) is 0 Å². The summed E-state index contributed by atoms with van der Waals surface area (Å²) in [5.41, 5.74) is 0.355. The van der Waals surface area contributed by atoms with E-state index < -0.39 is 31.3 Å². The Bertz CT molecular complexity index is 464. The fraction of sp³-hybridized carbons (Fsp3) is 0.417. The van der Waals surface area contributed by atoms with E-state index in [9.17, 15) is 31.1 Å². The summed E-state index contributed by atoms with van der Waals surface area (Å²) in [7, 11) is 0. The first-order chi connectivity index (χ1) is 8.98. The number of alkyl halides is 6. The van der Waals surface area contributed by atoms with Gasteiger partial charge in [0.15, 0.2) is 0 Å². The molecule has 0 heterocycles. The van der Waals surface area contributed by atoms with E-state index in [2.05, 4.69) is 0 Å². The Morgan fingerprint density at radius 1 is 1.05 bits per heavy atom. The Balaban J connectivity index is 3.00. The molecule has 0 saturated carbocycles. The van der Waals surface area contributed by atoms with E-state index in [1.165, 1.54) is 18.2 Å². The number of nitrogens with zero attached hydrogens (tertiary/aromatic N) is 1. The van der Waals surface area contributed by atoms with Gasteiger partial charge in [0.05, 0.1) is 0 Å². The van der Waals surface area contributed by atoms with E-state index in [4.69, 9.17) is 0 Å². The first-order valence-corrected chi connectivity index (χ1v) is 5.47. The van der Waals surface area contributed by atoms with Crippen molar-refractivity contribution in [2.75, 3.05) is 13.1 Å². The Hall–Kier alpha value is -1.73. The Labute approximate surface area is 111 Å². The highest BCUT2D eigenvalue weighted by molar-refractivity contribution is 5.94. The van der Waals surface area contributed by atoms with Gasteiger partial charge in [-0.05, 0) is 19.1 Å². The molecule has 1 rings (SSSR count). The SMILES string of the molecule is Cc1cccc(C(=O)N(CC(F)(F)F)CC(F)(F)F)c1. The maximum absolute atomic E-state index is 12.3. The first kappa shape index (κ1) is 16.3. The maximum Gasteiger partial charge on any atom is 0.406 e. The molecule has 1 aromatic carbocycles. The summed E-state index contributed by atoms with van der Waals surface area (Å²) in [4.78, 5) is 11.5. The summed E-state index contributed by atoms with van der Waals surface area (Å²) in [6, 6.07) is 5.38. The molecular formula is C12H11F6NO. The average Bonchev–Trinajstić information content (AvgIpc) is 2.23. The van der Waals surface area contributed by atoms with Gasteiger partial charge in [-0.15, -0.1) is 0 Å². The number of amides is 1. The molecule has 1 amide bonds. The summed E-state index contributed by atoms with van der Waals surface area (Å²) in [5.74, 6) is -1.30. The van der Waals surface area contributed by atoms with Crippen LogP contribution in [0.4, 0.5) is 26.3 Å². The second-order valence-electron chi connectivity index (χ2n) is 4.26. The molecule has 0 aliphatic carbocycles. The van der Waals surface area contributed by atoms with Gasteiger partial charge in [-0.25, -0.2) is 0 Å². The van der Waals surface area contributed by atoms with Crippen molar-refractivity contribution in [1.82, 2.24) is 4.90 Å². The minimum atomic E-state index is -4.90.